The molecule has 0 atom stereocenters. The molecule has 0 aromatic heterocycles. The van der Waals surface area contributed by atoms with Crippen molar-refractivity contribution in [3.8, 4) is 0 Å². The van der Waals surface area contributed by atoms with Crippen LogP contribution in [0.25, 0.3) is 0 Å². The number of carbonyl (C=O) groups is 2. The molecule has 1 N–H and O–H groups in total. The fraction of sp³-hybridized carbons (Fsp3) is 0.949. The zero-order valence-electron chi connectivity index (χ0n) is 31.8. The summed E-state index contributed by atoms with van der Waals surface area (Å²) in [5.74, 6) is -0.209. The van der Waals surface area contributed by atoms with Gasteiger partial charge in [0.25, 0.3) is 0 Å². The quantitative estimate of drug-likeness (QED) is 0.0425. The summed E-state index contributed by atoms with van der Waals surface area (Å²) in [5.41, 5.74) is 0. The molecule has 0 amide bonds. The lowest BCUT2D eigenvalue weighted by Gasteiger charge is -2.35. The van der Waals surface area contributed by atoms with E-state index in [0.29, 0.717) is 61.2 Å². The number of nitrogens with zero attached hydrogens (tertiary/aromatic N) is 2. The van der Waals surface area contributed by atoms with Gasteiger partial charge < -0.3 is 23.5 Å². The lowest BCUT2D eigenvalue weighted by atomic mass is 10.1. The monoisotopic (exact) mass is 657 g/mol. The first-order valence-electron chi connectivity index (χ1n) is 19.6. The fourth-order valence-electron chi connectivity index (χ4n) is 6.21. The topological polar surface area (TPSA) is 72.8 Å². The molecular weight excluding hydrogens is 576 g/mol. The van der Waals surface area contributed by atoms with Crippen LogP contribution in [0.5, 0.6) is 0 Å². The van der Waals surface area contributed by atoms with Crippen LogP contribution < -0.4 is 0 Å². The Balaban J connectivity index is 3.86. The van der Waals surface area contributed by atoms with Crippen LogP contribution in [-0.4, -0.2) is 99.7 Å². The molecule has 274 valence electrons. The second kappa shape index (κ2) is 29.9. The summed E-state index contributed by atoms with van der Waals surface area (Å²) in [6.45, 7) is 7.78. The number of ether oxygens (including phenoxy) is 2. The fourth-order valence-corrected chi connectivity index (χ4v) is 6.21. The number of unbranched alkanes of at least 4 members (excludes halogenated alkanes) is 20. The second-order valence-electron chi connectivity index (χ2n) is 15.3. The molecule has 7 heteroatoms. The van der Waals surface area contributed by atoms with Gasteiger partial charge in [-0.3, -0.25) is 9.59 Å². The van der Waals surface area contributed by atoms with Crippen LogP contribution in [-0.2, 0) is 19.1 Å². The maximum atomic E-state index is 12.2. The summed E-state index contributed by atoms with van der Waals surface area (Å²) < 4.78 is 12.2. The summed E-state index contributed by atoms with van der Waals surface area (Å²) >= 11 is 0. The van der Waals surface area contributed by atoms with Crippen molar-refractivity contribution in [3.05, 3.63) is 0 Å². The van der Waals surface area contributed by atoms with Gasteiger partial charge in [0, 0.05) is 12.8 Å². The highest BCUT2D eigenvalue weighted by atomic mass is 16.5. The van der Waals surface area contributed by atoms with Crippen molar-refractivity contribution < 1.29 is 33.1 Å². The highest BCUT2D eigenvalue weighted by Crippen LogP contribution is 2.14. The Morgan fingerprint density at radius 1 is 0.478 bits per heavy atom. The van der Waals surface area contributed by atoms with E-state index in [2.05, 4.69) is 42.0 Å². The molecule has 0 aliphatic rings. The molecule has 0 aromatic rings. The number of aliphatic hydroxyl groups is 1. The van der Waals surface area contributed by atoms with Crippen LogP contribution in [0.15, 0.2) is 0 Å². The number of carbonyl (C=O) groups excluding carboxylic acids is 2. The van der Waals surface area contributed by atoms with E-state index in [-0.39, 0.29) is 11.9 Å². The van der Waals surface area contributed by atoms with E-state index in [1.807, 2.05) is 0 Å². The lowest BCUT2D eigenvalue weighted by molar-refractivity contribution is -0.914. The molecule has 0 saturated heterocycles. The molecule has 0 aliphatic heterocycles. The molecule has 0 aromatic carbocycles. The van der Waals surface area contributed by atoms with Crippen molar-refractivity contribution in [1.82, 2.24) is 0 Å². The molecule has 0 saturated carbocycles. The van der Waals surface area contributed by atoms with Gasteiger partial charge in [-0.15, -0.1) is 0 Å². The van der Waals surface area contributed by atoms with Crippen molar-refractivity contribution in [2.24, 2.45) is 0 Å². The van der Waals surface area contributed by atoms with Crippen LogP contribution in [0.1, 0.15) is 168 Å². The van der Waals surface area contributed by atoms with E-state index >= 15 is 0 Å². The Morgan fingerprint density at radius 2 is 0.739 bits per heavy atom. The predicted octanol–water partition coefficient (Wildman–Crippen LogP) is 8.99. The van der Waals surface area contributed by atoms with Crippen molar-refractivity contribution in [1.29, 1.82) is 0 Å². The van der Waals surface area contributed by atoms with E-state index < -0.39 is 6.10 Å². The first-order valence-corrected chi connectivity index (χ1v) is 19.6. The zero-order chi connectivity index (χ0) is 34.4. The molecule has 0 fully saturated rings. The first-order chi connectivity index (χ1) is 22.0. The van der Waals surface area contributed by atoms with Gasteiger partial charge in [0.1, 0.15) is 39.4 Å². The number of hydrogen-bond acceptors (Lipinski definition) is 5. The van der Waals surface area contributed by atoms with Crippen LogP contribution in [0.2, 0.25) is 0 Å². The zero-order valence-corrected chi connectivity index (χ0v) is 31.8. The van der Waals surface area contributed by atoms with Gasteiger partial charge >= 0.3 is 11.9 Å². The van der Waals surface area contributed by atoms with Gasteiger partial charge in [-0.25, -0.2) is 0 Å². The summed E-state index contributed by atoms with van der Waals surface area (Å²) in [6, 6.07) is 0. The summed E-state index contributed by atoms with van der Waals surface area (Å²) in [7, 11) is 8.27. The molecular formula is C39H80N2O5+2. The smallest absolute Gasteiger partial charge is 0.305 e. The number of aliphatic hydroxyl groups excluding tert-OH is 1. The molecule has 0 spiro atoms. The third-order valence-corrected chi connectivity index (χ3v) is 9.30. The van der Waals surface area contributed by atoms with Crippen molar-refractivity contribution in [2.45, 2.75) is 174 Å². The van der Waals surface area contributed by atoms with Crippen molar-refractivity contribution >= 4 is 11.9 Å². The third kappa shape index (κ3) is 31.4. The summed E-state index contributed by atoms with van der Waals surface area (Å²) in [5, 5.41) is 10.8. The predicted molar refractivity (Wildman–Crippen MR) is 194 cm³/mol. The van der Waals surface area contributed by atoms with E-state index in [1.54, 1.807) is 0 Å². The van der Waals surface area contributed by atoms with E-state index in [1.165, 1.54) is 116 Å². The molecule has 46 heavy (non-hydrogen) atoms. The first kappa shape index (κ1) is 44.8. The highest BCUT2D eigenvalue weighted by molar-refractivity contribution is 5.69. The number of quaternary nitrogens is 2. The number of likely N-dealkylation sites (N-methyl/N-ethyl adjacent to an activating group) is 2. The van der Waals surface area contributed by atoms with Crippen LogP contribution in [0.3, 0.4) is 0 Å². The summed E-state index contributed by atoms with van der Waals surface area (Å²) in [6.07, 6.45) is 28.4. The minimum Gasteiger partial charge on any atom is -0.460 e. The minimum atomic E-state index is -0.496. The van der Waals surface area contributed by atoms with Gasteiger partial charge in [-0.05, 0) is 12.8 Å². The van der Waals surface area contributed by atoms with Crippen LogP contribution in [0, 0.1) is 0 Å². The largest absolute Gasteiger partial charge is 0.460 e. The average Bonchev–Trinajstić information content (AvgIpc) is 2.97. The Hall–Kier alpha value is -1.18. The van der Waals surface area contributed by atoms with Gasteiger partial charge in [0.2, 0.25) is 0 Å². The SMILES string of the molecule is CCCCCCCCCCCCCC(=O)OCC[N+](C)(C)CC(O)C[N+](C)(C)CCOC(=O)CCCCCCCCCCCCC. The molecule has 0 bridgehead atoms. The molecule has 0 radical (unpaired) electrons. The Labute approximate surface area is 286 Å². The van der Waals surface area contributed by atoms with Gasteiger partial charge in [-0.1, -0.05) is 142 Å². The molecule has 0 rings (SSSR count). The van der Waals surface area contributed by atoms with Crippen LogP contribution >= 0.6 is 0 Å². The average molecular weight is 657 g/mol. The lowest BCUT2D eigenvalue weighted by Crippen LogP contribution is -2.54. The number of esters is 2. The van der Waals surface area contributed by atoms with Gasteiger partial charge in [-0.2, -0.15) is 0 Å². The van der Waals surface area contributed by atoms with Gasteiger partial charge in [0.05, 0.1) is 28.2 Å². The normalized spacial score (nSPS) is 12.2. The van der Waals surface area contributed by atoms with E-state index in [4.69, 9.17) is 9.47 Å². The maximum absolute atomic E-state index is 12.2. The standard InChI is InChI=1S/C39H80N2O5/c1-7-9-11-13-15-17-19-21-23-25-27-29-38(43)45-33-31-40(3,4)35-37(42)36-41(5,6)32-34-46-39(44)30-28-26-24-22-20-18-16-14-12-10-8-2/h37,42H,7-36H2,1-6H3/q+2. The molecule has 0 heterocycles. The van der Waals surface area contributed by atoms with Crippen LogP contribution in [0.4, 0.5) is 0 Å². The van der Waals surface area contributed by atoms with Gasteiger partial charge in [0.15, 0.2) is 6.10 Å². The maximum Gasteiger partial charge on any atom is 0.305 e. The van der Waals surface area contributed by atoms with E-state index in [9.17, 15) is 14.7 Å². The molecule has 0 unspecified atom stereocenters. The summed E-state index contributed by atoms with van der Waals surface area (Å²) in [4.78, 5) is 24.4. The van der Waals surface area contributed by atoms with Crippen molar-refractivity contribution in [3.63, 3.8) is 0 Å². The molecule has 0 aliphatic carbocycles. The highest BCUT2D eigenvalue weighted by Gasteiger charge is 2.27. The Kier molecular flexibility index (Phi) is 29.2. The molecule has 7 nitrogen and oxygen atoms in total. The third-order valence-electron chi connectivity index (χ3n) is 9.30. The number of hydrogen-bond donors (Lipinski definition) is 1. The second-order valence-corrected chi connectivity index (χ2v) is 15.3. The number of rotatable bonds is 34. The minimum absolute atomic E-state index is 0.104. The Morgan fingerprint density at radius 3 is 1.02 bits per heavy atom. The van der Waals surface area contributed by atoms with E-state index in [0.717, 1.165) is 25.7 Å². The Bertz CT molecular complexity index is 654. The van der Waals surface area contributed by atoms with Crippen molar-refractivity contribution in [2.75, 3.05) is 67.6 Å².